The van der Waals surface area contributed by atoms with Crippen LogP contribution in [0.15, 0.2) is 43.0 Å². The smallest absolute Gasteiger partial charge is 0.270 e. The van der Waals surface area contributed by atoms with Gasteiger partial charge in [0.2, 0.25) is 0 Å². The van der Waals surface area contributed by atoms with Crippen LogP contribution in [-0.2, 0) is 0 Å². The van der Waals surface area contributed by atoms with Crippen molar-refractivity contribution in [3.8, 4) is 11.4 Å². The summed E-state index contributed by atoms with van der Waals surface area (Å²) in [5.74, 6) is -2.45. The number of hydrogen-bond donors (Lipinski definition) is 2. The number of fused-ring (bicyclic) bond motifs is 1. The highest BCUT2D eigenvalue weighted by molar-refractivity contribution is 5.85. The van der Waals surface area contributed by atoms with E-state index in [9.17, 15) is 8.78 Å². The van der Waals surface area contributed by atoms with E-state index in [1.54, 1.807) is 12.4 Å². The number of pyridine rings is 1. The molecule has 1 aliphatic rings. The average molecular weight is 367 g/mol. The molecule has 0 saturated carbocycles. The second kappa shape index (κ2) is 6.89. The number of imidazole rings is 1. The van der Waals surface area contributed by atoms with Crippen molar-refractivity contribution >= 4 is 23.9 Å². The molecule has 1 fully saturated rings. The molecule has 4 rings (SSSR count). The van der Waals surface area contributed by atoms with Gasteiger partial charge in [0.1, 0.15) is 23.2 Å². The lowest BCUT2D eigenvalue weighted by Gasteiger charge is -2.32. The number of hydrogen-bond acceptors (Lipinski definition) is 5. The molecule has 3 aromatic rings. The zero-order valence-corrected chi connectivity index (χ0v) is 14.0. The van der Waals surface area contributed by atoms with Gasteiger partial charge in [-0.3, -0.25) is 9.38 Å². The standard InChI is InChI=1S/C16H16F2N6.ClH/c17-16(18)4-5-19-9-13(16)23-14-10-20-7-11(22-14)12-8-21-15-3-1-2-6-24(12)15;/h1-3,6-8,10,13,19H,4-5,9H2,(H,22,23);1H. The van der Waals surface area contributed by atoms with Crippen LogP contribution in [0.2, 0.25) is 0 Å². The molecule has 1 aliphatic heterocycles. The summed E-state index contributed by atoms with van der Waals surface area (Å²) >= 11 is 0. The highest BCUT2D eigenvalue weighted by Gasteiger charge is 2.41. The molecule has 2 N–H and O–H groups in total. The van der Waals surface area contributed by atoms with Crippen LogP contribution in [0.1, 0.15) is 6.42 Å². The number of halogens is 3. The molecule has 6 nitrogen and oxygen atoms in total. The molecule has 0 aromatic carbocycles. The third-order valence-electron chi connectivity index (χ3n) is 4.13. The Kier molecular flexibility index (Phi) is 4.82. The van der Waals surface area contributed by atoms with Gasteiger partial charge >= 0.3 is 0 Å². The Hall–Kier alpha value is -2.32. The van der Waals surface area contributed by atoms with E-state index in [1.165, 1.54) is 6.20 Å². The van der Waals surface area contributed by atoms with Crippen LogP contribution in [0.3, 0.4) is 0 Å². The van der Waals surface area contributed by atoms with E-state index in [0.29, 0.717) is 18.1 Å². The summed E-state index contributed by atoms with van der Waals surface area (Å²) in [4.78, 5) is 12.9. The zero-order valence-electron chi connectivity index (χ0n) is 13.2. The van der Waals surface area contributed by atoms with E-state index in [4.69, 9.17) is 0 Å². The highest BCUT2D eigenvalue weighted by Crippen LogP contribution is 2.28. The maximum absolute atomic E-state index is 14.0. The van der Waals surface area contributed by atoms with Gasteiger partial charge in [0, 0.05) is 25.7 Å². The molecule has 0 aliphatic carbocycles. The molecule has 0 bridgehead atoms. The van der Waals surface area contributed by atoms with Gasteiger partial charge in [0.15, 0.2) is 0 Å². The first-order valence-electron chi connectivity index (χ1n) is 7.73. The second-order valence-electron chi connectivity index (χ2n) is 5.77. The Bertz CT molecular complexity index is 868. The molecule has 0 amide bonds. The van der Waals surface area contributed by atoms with Crippen LogP contribution in [0.5, 0.6) is 0 Å². The van der Waals surface area contributed by atoms with Gasteiger partial charge in [-0.1, -0.05) is 6.07 Å². The third kappa shape index (κ3) is 3.40. The Balaban J connectivity index is 0.00000182. The van der Waals surface area contributed by atoms with E-state index >= 15 is 0 Å². The molecule has 4 heterocycles. The number of anilines is 1. The van der Waals surface area contributed by atoms with Gasteiger partial charge in [0.25, 0.3) is 5.92 Å². The zero-order chi connectivity index (χ0) is 16.6. The van der Waals surface area contributed by atoms with Gasteiger partial charge in [-0.15, -0.1) is 12.4 Å². The van der Waals surface area contributed by atoms with Crippen LogP contribution in [0.4, 0.5) is 14.6 Å². The minimum Gasteiger partial charge on any atom is -0.359 e. The number of alkyl halides is 2. The van der Waals surface area contributed by atoms with Crippen molar-refractivity contribution in [2.75, 3.05) is 18.4 Å². The monoisotopic (exact) mass is 366 g/mol. The molecule has 0 radical (unpaired) electrons. The lowest BCUT2D eigenvalue weighted by atomic mass is 10.0. The van der Waals surface area contributed by atoms with Crippen molar-refractivity contribution in [3.63, 3.8) is 0 Å². The number of piperidine rings is 1. The van der Waals surface area contributed by atoms with E-state index in [1.807, 2.05) is 28.8 Å². The highest BCUT2D eigenvalue weighted by atomic mass is 35.5. The Morgan fingerprint density at radius 3 is 2.96 bits per heavy atom. The third-order valence-corrected chi connectivity index (χ3v) is 4.13. The van der Waals surface area contributed by atoms with E-state index < -0.39 is 12.0 Å². The van der Waals surface area contributed by atoms with E-state index in [-0.39, 0.29) is 25.4 Å². The predicted molar refractivity (Wildman–Crippen MR) is 93.3 cm³/mol. The minimum atomic E-state index is -2.77. The summed E-state index contributed by atoms with van der Waals surface area (Å²) in [6.07, 6.45) is 6.43. The van der Waals surface area contributed by atoms with Gasteiger partial charge in [-0.2, -0.15) is 0 Å². The van der Waals surface area contributed by atoms with Crippen molar-refractivity contribution in [2.45, 2.75) is 18.4 Å². The van der Waals surface area contributed by atoms with Gasteiger partial charge in [0.05, 0.1) is 24.3 Å². The minimum absolute atomic E-state index is 0. The Morgan fingerprint density at radius 1 is 1.24 bits per heavy atom. The van der Waals surface area contributed by atoms with Gasteiger partial charge < -0.3 is 10.6 Å². The van der Waals surface area contributed by atoms with Gasteiger partial charge in [-0.05, 0) is 12.1 Å². The quantitative estimate of drug-likeness (QED) is 0.746. The van der Waals surface area contributed by atoms with E-state index in [2.05, 4.69) is 25.6 Å². The lowest BCUT2D eigenvalue weighted by molar-refractivity contribution is -0.0384. The Labute approximate surface area is 149 Å². The van der Waals surface area contributed by atoms with Crippen LogP contribution in [0.25, 0.3) is 17.0 Å². The largest absolute Gasteiger partial charge is 0.359 e. The summed E-state index contributed by atoms with van der Waals surface area (Å²) in [6.45, 7) is 0.507. The first kappa shape index (κ1) is 17.5. The van der Waals surface area contributed by atoms with Crippen molar-refractivity contribution in [1.82, 2.24) is 24.7 Å². The van der Waals surface area contributed by atoms with Crippen LogP contribution < -0.4 is 10.6 Å². The molecule has 1 unspecified atom stereocenters. The summed E-state index contributed by atoms with van der Waals surface area (Å²) in [5, 5.41) is 5.78. The fourth-order valence-corrected chi connectivity index (χ4v) is 2.84. The van der Waals surface area contributed by atoms with Crippen molar-refractivity contribution < 1.29 is 8.78 Å². The molecule has 25 heavy (non-hydrogen) atoms. The Morgan fingerprint density at radius 2 is 2.12 bits per heavy atom. The lowest BCUT2D eigenvalue weighted by Crippen LogP contribution is -2.52. The van der Waals surface area contributed by atoms with Gasteiger partial charge in [-0.25, -0.2) is 18.7 Å². The average Bonchev–Trinajstić information content (AvgIpc) is 3.01. The molecule has 1 saturated heterocycles. The first-order valence-corrected chi connectivity index (χ1v) is 7.73. The SMILES string of the molecule is Cl.FC1(F)CCNCC1Nc1cncc(-c2cnc3ccccn23)n1. The summed E-state index contributed by atoms with van der Waals surface area (Å²) in [5.41, 5.74) is 2.12. The number of rotatable bonds is 3. The second-order valence-corrected chi connectivity index (χ2v) is 5.77. The fourth-order valence-electron chi connectivity index (χ4n) is 2.84. The van der Waals surface area contributed by atoms with Crippen LogP contribution in [-0.4, -0.2) is 44.4 Å². The summed E-state index contributed by atoms with van der Waals surface area (Å²) in [7, 11) is 0. The molecule has 0 spiro atoms. The molecule has 132 valence electrons. The number of aromatic nitrogens is 4. The predicted octanol–water partition coefficient (Wildman–Crippen LogP) is 2.62. The maximum Gasteiger partial charge on any atom is 0.270 e. The van der Waals surface area contributed by atoms with Crippen molar-refractivity contribution in [3.05, 3.63) is 43.0 Å². The summed E-state index contributed by atoms with van der Waals surface area (Å²) in [6, 6.07) is 4.67. The molecular formula is C16H17ClF2N6. The fraction of sp³-hybridized carbons (Fsp3) is 0.312. The molecular weight excluding hydrogens is 350 g/mol. The normalized spacial score (nSPS) is 19.4. The van der Waals surface area contributed by atoms with Crippen molar-refractivity contribution in [1.29, 1.82) is 0 Å². The van der Waals surface area contributed by atoms with Crippen LogP contribution in [0, 0.1) is 0 Å². The number of nitrogens with one attached hydrogen (secondary N) is 2. The van der Waals surface area contributed by atoms with Crippen LogP contribution >= 0.6 is 12.4 Å². The topological polar surface area (TPSA) is 67.1 Å². The van der Waals surface area contributed by atoms with Crippen molar-refractivity contribution in [2.24, 2.45) is 0 Å². The van der Waals surface area contributed by atoms with E-state index in [0.717, 1.165) is 11.3 Å². The maximum atomic E-state index is 14.0. The molecule has 9 heteroatoms. The molecule has 1 atom stereocenters. The number of nitrogens with zero attached hydrogens (tertiary/aromatic N) is 4. The summed E-state index contributed by atoms with van der Waals surface area (Å²) < 4.78 is 29.8. The molecule has 3 aromatic heterocycles. The first-order chi connectivity index (χ1) is 11.6.